The summed E-state index contributed by atoms with van der Waals surface area (Å²) in [7, 11) is 0. The molecule has 35 heavy (non-hydrogen) atoms. The number of aryl methyl sites for hydroxylation is 3. The Morgan fingerprint density at radius 1 is 1.00 bits per heavy atom. The van der Waals surface area contributed by atoms with Crippen LogP contribution in [0.15, 0.2) is 63.8 Å². The summed E-state index contributed by atoms with van der Waals surface area (Å²) in [6, 6.07) is 14.2. The first kappa shape index (κ1) is 24.5. The maximum atomic E-state index is 13.5. The third-order valence-corrected chi connectivity index (χ3v) is 6.06. The van der Waals surface area contributed by atoms with E-state index in [1.807, 2.05) is 51.1 Å². The molecule has 4 nitrogen and oxygen atoms in total. The summed E-state index contributed by atoms with van der Waals surface area (Å²) >= 11 is 5.72. The van der Waals surface area contributed by atoms with Crippen LogP contribution >= 0.6 is 11.6 Å². The first-order valence-electron chi connectivity index (χ1n) is 10.7. The molecule has 0 saturated carbocycles. The van der Waals surface area contributed by atoms with Crippen molar-refractivity contribution in [2.75, 3.05) is 5.32 Å². The lowest BCUT2D eigenvalue weighted by atomic mass is 9.92. The molecule has 0 saturated heterocycles. The second-order valence-electron chi connectivity index (χ2n) is 8.46. The van der Waals surface area contributed by atoms with Crippen LogP contribution in [0.5, 0.6) is 0 Å². The average Bonchev–Trinajstić information content (AvgIpc) is 2.76. The van der Waals surface area contributed by atoms with Crippen molar-refractivity contribution in [2.24, 2.45) is 0 Å². The quantitative estimate of drug-likeness (QED) is 0.301. The van der Waals surface area contributed by atoms with Gasteiger partial charge in [0.15, 0.2) is 0 Å². The third-order valence-electron chi connectivity index (χ3n) is 5.82. The SMILES string of the molecule is Cc1cccc(-c2c(CC(=O)Nc3ccc(Cl)cc3C(F)(F)F)c(=O)oc3cc(C)c(C)cc23)c1. The Kier molecular flexibility index (Phi) is 6.47. The van der Waals surface area contributed by atoms with Gasteiger partial charge in [-0.05, 0) is 67.8 Å². The van der Waals surface area contributed by atoms with Crippen LogP contribution < -0.4 is 10.9 Å². The highest BCUT2D eigenvalue weighted by atomic mass is 35.5. The largest absolute Gasteiger partial charge is 0.422 e. The molecule has 0 atom stereocenters. The fourth-order valence-electron chi connectivity index (χ4n) is 4.00. The fraction of sp³-hybridized carbons (Fsp3) is 0.185. The molecule has 0 bridgehead atoms. The normalized spacial score (nSPS) is 11.6. The molecule has 0 radical (unpaired) electrons. The smallest absolute Gasteiger partial charge is 0.418 e. The Morgan fingerprint density at radius 3 is 2.40 bits per heavy atom. The van der Waals surface area contributed by atoms with E-state index in [0.29, 0.717) is 22.1 Å². The molecular weight excluding hydrogens is 479 g/mol. The second-order valence-corrected chi connectivity index (χ2v) is 8.89. The summed E-state index contributed by atoms with van der Waals surface area (Å²) in [5, 5.41) is 2.81. The number of anilines is 1. The average molecular weight is 500 g/mol. The second kappa shape index (κ2) is 9.23. The number of hydrogen-bond acceptors (Lipinski definition) is 3. The molecule has 1 aromatic heterocycles. The van der Waals surface area contributed by atoms with Crippen LogP contribution in [0.3, 0.4) is 0 Å². The first-order valence-corrected chi connectivity index (χ1v) is 11.1. The summed E-state index contributed by atoms with van der Waals surface area (Å²) < 4.78 is 45.9. The van der Waals surface area contributed by atoms with Crippen LogP contribution in [-0.2, 0) is 17.4 Å². The number of alkyl halides is 3. The summed E-state index contributed by atoms with van der Waals surface area (Å²) in [6.07, 6.45) is -5.20. The molecule has 0 fully saturated rings. The van der Waals surface area contributed by atoms with Crippen LogP contribution in [-0.4, -0.2) is 5.91 Å². The number of benzene rings is 3. The van der Waals surface area contributed by atoms with Crippen molar-refractivity contribution < 1.29 is 22.4 Å². The van der Waals surface area contributed by atoms with Crippen molar-refractivity contribution >= 4 is 34.2 Å². The summed E-state index contributed by atoms with van der Waals surface area (Å²) in [5.41, 5.74) is 2.26. The van der Waals surface area contributed by atoms with Crippen LogP contribution in [0.1, 0.15) is 27.8 Å². The summed E-state index contributed by atoms with van der Waals surface area (Å²) in [5.74, 6) is -0.790. The van der Waals surface area contributed by atoms with E-state index in [-0.39, 0.29) is 10.6 Å². The Balaban J connectivity index is 1.84. The lowest BCUT2D eigenvalue weighted by Gasteiger charge is -2.16. The van der Waals surface area contributed by atoms with E-state index in [9.17, 15) is 22.8 Å². The van der Waals surface area contributed by atoms with Gasteiger partial charge in [0.1, 0.15) is 5.58 Å². The molecule has 1 heterocycles. The molecule has 0 aliphatic rings. The molecule has 180 valence electrons. The van der Waals surface area contributed by atoms with Crippen LogP contribution in [0.2, 0.25) is 5.02 Å². The number of rotatable bonds is 4. The number of carbonyl (C=O) groups is 1. The lowest BCUT2D eigenvalue weighted by molar-refractivity contribution is -0.137. The zero-order chi connectivity index (χ0) is 25.5. The first-order chi connectivity index (χ1) is 16.4. The van der Waals surface area contributed by atoms with Crippen LogP contribution in [0.25, 0.3) is 22.1 Å². The predicted octanol–water partition coefficient (Wildman–Crippen LogP) is 7.24. The standard InChI is InChI=1S/C27H21ClF3NO3/c1-14-5-4-6-17(9-14)25-19-10-15(2)16(3)11-23(19)35-26(34)20(25)13-24(33)32-22-8-7-18(28)12-21(22)27(29,30)31/h4-12H,13H2,1-3H3,(H,32,33). The van der Waals surface area contributed by atoms with Gasteiger partial charge in [0.2, 0.25) is 5.91 Å². The minimum Gasteiger partial charge on any atom is -0.422 e. The highest BCUT2D eigenvalue weighted by Crippen LogP contribution is 2.37. The monoisotopic (exact) mass is 499 g/mol. The summed E-state index contributed by atoms with van der Waals surface area (Å²) in [6.45, 7) is 5.72. The van der Waals surface area contributed by atoms with Crippen molar-refractivity contribution in [3.63, 3.8) is 0 Å². The van der Waals surface area contributed by atoms with Gasteiger partial charge in [-0.3, -0.25) is 4.79 Å². The van der Waals surface area contributed by atoms with Gasteiger partial charge in [-0.15, -0.1) is 0 Å². The van der Waals surface area contributed by atoms with E-state index in [0.717, 1.165) is 28.8 Å². The van der Waals surface area contributed by atoms with Gasteiger partial charge in [0.25, 0.3) is 0 Å². The van der Waals surface area contributed by atoms with Gasteiger partial charge in [-0.1, -0.05) is 41.4 Å². The Bertz CT molecular complexity index is 1520. The Labute approximate surface area is 204 Å². The van der Waals surface area contributed by atoms with Gasteiger partial charge in [0.05, 0.1) is 23.2 Å². The Hall–Kier alpha value is -3.58. The molecule has 0 unspecified atom stereocenters. The Morgan fingerprint density at radius 2 is 1.71 bits per heavy atom. The topological polar surface area (TPSA) is 59.3 Å². The molecule has 1 amide bonds. The molecule has 3 aromatic carbocycles. The van der Waals surface area contributed by atoms with Gasteiger partial charge in [0, 0.05) is 16.0 Å². The van der Waals surface area contributed by atoms with E-state index < -0.39 is 35.4 Å². The van der Waals surface area contributed by atoms with Crippen molar-refractivity contribution in [2.45, 2.75) is 33.4 Å². The van der Waals surface area contributed by atoms with Crippen LogP contribution in [0, 0.1) is 20.8 Å². The fourth-order valence-corrected chi connectivity index (χ4v) is 4.17. The minimum atomic E-state index is -4.72. The molecule has 4 rings (SSSR count). The number of amides is 1. The van der Waals surface area contributed by atoms with Gasteiger partial charge >= 0.3 is 11.8 Å². The summed E-state index contributed by atoms with van der Waals surface area (Å²) in [4.78, 5) is 25.9. The molecule has 0 spiro atoms. The van der Waals surface area contributed by atoms with E-state index in [2.05, 4.69) is 5.32 Å². The molecule has 4 aromatic rings. The predicted molar refractivity (Wildman–Crippen MR) is 131 cm³/mol. The van der Waals surface area contributed by atoms with Crippen molar-refractivity contribution in [1.82, 2.24) is 0 Å². The number of carbonyl (C=O) groups excluding carboxylic acids is 1. The molecule has 1 N–H and O–H groups in total. The molecule has 0 aliphatic carbocycles. The maximum Gasteiger partial charge on any atom is 0.418 e. The highest BCUT2D eigenvalue weighted by Gasteiger charge is 2.34. The zero-order valence-electron chi connectivity index (χ0n) is 19.1. The van der Waals surface area contributed by atoms with Crippen LogP contribution in [0.4, 0.5) is 18.9 Å². The van der Waals surface area contributed by atoms with E-state index >= 15 is 0 Å². The van der Waals surface area contributed by atoms with Crippen molar-refractivity contribution in [3.05, 3.63) is 97.9 Å². The lowest BCUT2D eigenvalue weighted by Crippen LogP contribution is -2.22. The van der Waals surface area contributed by atoms with E-state index in [1.54, 1.807) is 6.07 Å². The van der Waals surface area contributed by atoms with Crippen molar-refractivity contribution in [1.29, 1.82) is 0 Å². The maximum absolute atomic E-state index is 13.5. The zero-order valence-corrected chi connectivity index (χ0v) is 19.9. The van der Waals surface area contributed by atoms with Gasteiger partial charge in [-0.2, -0.15) is 13.2 Å². The molecule has 8 heteroatoms. The molecular formula is C27H21ClF3NO3. The number of nitrogens with one attached hydrogen (secondary N) is 1. The van der Waals surface area contributed by atoms with E-state index in [1.165, 1.54) is 6.07 Å². The number of halogens is 4. The third kappa shape index (κ3) is 5.10. The van der Waals surface area contributed by atoms with Gasteiger partial charge < -0.3 is 9.73 Å². The van der Waals surface area contributed by atoms with Gasteiger partial charge in [-0.25, -0.2) is 4.79 Å². The molecule has 0 aliphatic heterocycles. The minimum absolute atomic E-state index is 0.0615. The highest BCUT2D eigenvalue weighted by molar-refractivity contribution is 6.30. The number of hydrogen-bond donors (Lipinski definition) is 1. The van der Waals surface area contributed by atoms with Crippen molar-refractivity contribution in [3.8, 4) is 11.1 Å². The number of fused-ring (bicyclic) bond motifs is 1. The van der Waals surface area contributed by atoms with E-state index in [4.69, 9.17) is 16.0 Å².